The van der Waals surface area contributed by atoms with E-state index in [4.69, 9.17) is 9.47 Å². The van der Waals surface area contributed by atoms with E-state index in [0.29, 0.717) is 25.5 Å². The van der Waals surface area contributed by atoms with Crippen LogP contribution in [0, 0.1) is 0 Å². The predicted octanol–water partition coefficient (Wildman–Crippen LogP) is 1.79. The van der Waals surface area contributed by atoms with Crippen molar-refractivity contribution in [3.8, 4) is 0 Å². The van der Waals surface area contributed by atoms with Crippen LogP contribution in [0.3, 0.4) is 0 Å². The van der Waals surface area contributed by atoms with E-state index in [1.54, 1.807) is 6.07 Å². The van der Waals surface area contributed by atoms with Gasteiger partial charge < -0.3 is 19.7 Å². The quantitative estimate of drug-likeness (QED) is 0.867. The minimum atomic E-state index is -0.400. The molecule has 2 fully saturated rings. The Hall–Kier alpha value is -2.51. The summed E-state index contributed by atoms with van der Waals surface area (Å²) in [5.74, 6) is 0.182. The number of hydrogen-bond acceptors (Lipinski definition) is 6. The van der Waals surface area contributed by atoms with E-state index in [1.807, 2.05) is 36.4 Å². The highest BCUT2D eigenvalue weighted by Gasteiger charge is 2.40. The molecule has 0 unspecified atom stereocenters. The second-order valence-corrected chi connectivity index (χ2v) is 6.86. The molecule has 4 rings (SSSR count). The smallest absolute Gasteiger partial charge is 0.271 e. The normalized spacial score (nSPS) is 18.6. The van der Waals surface area contributed by atoms with Crippen LogP contribution in [0.15, 0.2) is 42.5 Å². The number of benzene rings is 1. The third kappa shape index (κ3) is 4.26. The highest BCUT2D eigenvalue weighted by molar-refractivity contribution is 5.92. The fourth-order valence-corrected chi connectivity index (χ4v) is 3.53. The van der Waals surface area contributed by atoms with Crippen molar-refractivity contribution in [2.45, 2.75) is 25.0 Å². The van der Waals surface area contributed by atoms with Crippen LogP contribution in [0.2, 0.25) is 0 Å². The van der Waals surface area contributed by atoms with Crippen LogP contribution in [0.25, 0.3) is 0 Å². The molecule has 0 bridgehead atoms. The second kappa shape index (κ2) is 8.02. The number of piperidine rings is 1. The molecule has 7 heteroatoms. The van der Waals surface area contributed by atoms with E-state index < -0.39 is 5.79 Å². The fraction of sp³-hybridized carbons (Fsp3) is 0.450. The van der Waals surface area contributed by atoms with Crippen molar-refractivity contribution in [1.29, 1.82) is 0 Å². The molecule has 1 amide bonds. The Kier molecular flexibility index (Phi) is 5.31. The van der Waals surface area contributed by atoms with E-state index in [9.17, 15) is 4.79 Å². The summed E-state index contributed by atoms with van der Waals surface area (Å²) in [6.45, 7) is 3.52. The number of carbonyl (C=O) groups is 1. The van der Waals surface area contributed by atoms with Gasteiger partial charge in [0, 0.05) is 32.5 Å². The molecular formula is C20H24N4O3. The van der Waals surface area contributed by atoms with Gasteiger partial charge in [-0.05, 0) is 24.1 Å². The van der Waals surface area contributed by atoms with Crippen molar-refractivity contribution in [2.24, 2.45) is 0 Å². The molecule has 2 saturated heterocycles. The SMILES string of the molecule is O=C(NCCc1ccccc1)c1ccc(N2CCC3(CC2)OCCO3)nn1. The Balaban J connectivity index is 1.27. The number of hydrogen-bond donors (Lipinski definition) is 1. The van der Waals surface area contributed by atoms with Crippen LogP contribution in [0.4, 0.5) is 5.82 Å². The highest BCUT2D eigenvalue weighted by atomic mass is 16.7. The van der Waals surface area contributed by atoms with Crippen LogP contribution in [-0.2, 0) is 15.9 Å². The minimum Gasteiger partial charge on any atom is -0.355 e. The zero-order valence-electron chi connectivity index (χ0n) is 15.3. The topological polar surface area (TPSA) is 76.6 Å². The molecule has 0 aliphatic carbocycles. The fourth-order valence-electron chi connectivity index (χ4n) is 3.53. The number of nitrogens with one attached hydrogen (secondary N) is 1. The van der Waals surface area contributed by atoms with Crippen molar-refractivity contribution in [1.82, 2.24) is 15.5 Å². The number of anilines is 1. The maximum absolute atomic E-state index is 12.2. The Morgan fingerprint density at radius 2 is 1.78 bits per heavy atom. The molecule has 1 N–H and O–H groups in total. The summed E-state index contributed by atoms with van der Waals surface area (Å²) in [6.07, 6.45) is 2.42. The first-order valence-electron chi connectivity index (χ1n) is 9.43. The van der Waals surface area contributed by atoms with Gasteiger partial charge >= 0.3 is 0 Å². The van der Waals surface area contributed by atoms with Crippen molar-refractivity contribution in [3.63, 3.8) is 0 Å². The maximum Gasteiger partial charge on any atom is 0.271 e. The molecule has 1 aromatic carbocycles. The third-order valence-electron chi connectivity index (χ3n) is 5.09. The van der Waals surface area contributed by atoms with Gasteiger partial charge in [-0.25, -0.2) is 0 Å². The van der Waals surface area contributed by atoms with Gasteiger partial charge in [-0.2, -0.15) is 0 Å². The molecule has 1 spiro atoms. The molecule has 2 aromatic rings. The van der Waals surface area contributed by atoms with E-state index in [1.165, 1.54) is 5.56 Å². The minimum absolute atomic E-state index is 0.199. The van der Waals surface area contributed by atoms with Gasteiger partial charge in [0.15, 0.2) is 17.3 Å². The average molecular weight is 368 g/mol. The molecule has 0 atom stereocenters. The average Bonchev–Trinajstić information content (AvgIpc) is 3.17. The monoisotopic (exact) mass is 368 g/mol. The first kappa shape index (κ1) is 17.9. The van der Waals surface area contributed by atoms with Crippen molar-refractivity contribution >= 4 is 11.7 Å². The van der Waals surface area contributed by atoms with E-state index >= 15 is 0 Å². The number of ether oxygens (including phenoxy) is 2. The zero-order chi connectivity index (χ0) is 18.5. The van der Waals surface area contributed by atoms with Crippen LogP contribution in [0.1, 0.15) is 28.9 Å². The van der Waals surface area contributed by atoms with Gasteiger partial charge in [0.25, 0.3) is 5.91 Å². The molecule has 0 saturated carbocycles. The molecular weight excluding hydrogens is 344 g/mol. The molecule has 27 heavy (non-hydrogen) atoms. The number of aromatic nitrogens is 2. The molecule has 142 valence electrons. The van der Waals surface area contributed by atoms with E-state index in [2.05, 4.69) is 20.4 Å². The Labute approximate surface area is 158 Å². The van der Waals surface area contributed by atoms with E-state index in [-0.39, 0.29) is 5.91 Å². The molecule has 1 aromatic heterocycles. The summed E-state index contributed by atoms with van der Waals surface area (Å²) >= 11 is 0. The number of nitrogens with zero attached hydrogens (tertiary/aromatic N) is 3. The lowest BCUT2D eigenvalue weighted by Gasteiger charge is -2.37. The molecule has 2 aliphatic heterocycles. The van der Waals surface area contributed by atoms with E-state index in [0.717, 1.165) is 38.2 Å². The van der Waals surface area contributed by atoms with Crippen molar-refractivity contribution < 1.29 is 14.3 Å². The van der Waals surface area contributed by atoms with Gasteiger partial charge in [-0.3, -0.25) is 4.79 Å². The van der Waals surface area contributed by atoms with Crippen molar-refractivity contribution in [2.75, 3.05) is 37.7 Å². The summed E-state index contributed by atoms with van der Waals surface area (Å²) in [5, 5.41) is 11.2. The standard InChI is InChI=1S/C20H24N4O3/c25-19(21-11-8-16-4-2-1-3-5-16)17-6-7-18(23-22-17)24-12-9-20(10-13-24)26-14-15-27-20/h1-7H,8-15H2,(H,21,25). The van der Waals surface area contributed by atoms with Crippen LogP contribution < -0.4 is 10.2 Å². The lowest BCUT2D eigenvalue weighted by molar-refractivity contribution is -0.169. The first-order chi connectivity index (χ1) is 13.2. The number of carbonyl (C=O) groups excluding carboxylic acids is 1. The van der Waals surface area contributed by atoms with Gasteiger partial charge in [0.1, 0.15) is 0 Å². The lowest BCUT2D eigenvalue weighted by atomic mass is 10.0. The van der Waals surface area contributed by atoms with Crippen LogP contribution in [0.5, 0.6) is 0 Å². The third-order valence-corrected chi connectivity index (χ3v) is 5.09. The van der Waals surface area contributed by atoms with Crippen LogP contribution >= 0.6 is 0 Å². The molecule has 7 nitrogen and oxygen atoms in total. The number of rotatable bonds is 5. The van der Waals surface area contributed by atoms with Gasteiger partial charge in [0.05, 0.1) is 13.2 Å². The van der Waals surface area contributed by atoms with Gasteiger partial charge in [0.2, 0.25) is 0 Å². The summed E-state index contributed by atoms with van der Waals surface area (Å²) in [5.41, 5.74) is 1.53. The van der Waals surface area contributed by atoms with Gasteiger partial charge in [-0.1, -0.05) is 30.3 Å². The van der Waals surface area contributed by atoms with Crippen molar-refractivity contribution in [3.05, 3.63) is 53.7 Å². The van der Waals surface area contributed by atoms with Crippen LogP contribution in [-0.4, -0.2) is 54.7 Å². The highest BCUT2D eigenvalue weighted by Crippen LogP contribution is 2.32. The molecule has 0 radical (unpaired) electrons. The summed E-state index contributed by atoms with van der Waals surface area (Å²) in [6, 6.07) is 13.6. The summed E-state index contributed by atoms with van der Waals surface area (Å²) < 4.78 is 11.5. The Bertz CT molecular complexity index is 751. The first-order valence-corrected chi connectivity index (χ1v) is 9.43. The zero-order valence-corrected chi connectivity index (χ0v) is 15.3. The largest absolute Gasteiger partial charge is 0.355 e. The summed E-state index contributed by atoms with van der Waals surface area (Å²) in [7, 11) is 0. The summed E-state index contributed by atoms with van der Waals surface area (Å²) in [4.78, 5) is 14.4. The maximum atomic E-state index is 12.2. The lowest BCUT2D eigenvalue weighted by Crippen LogP contribution is -2.45. The Morgan fingerprint density at radius 3 is 2.44 bits per heavy atom. The molecule has 2 aliphatic rings. The predicted molar refractivity (Wildman–Crippen MR) is 101 cm³/mol. The Morgan fingerprint density at radius 1 is 1.04 bits per heavy atom. The number of amides is 1. The molecule has 3 heterocycles. The second-order valence-electron chi connectivity index (χ2n) is 6.86. The van der Waals surface area contributed by atoms with Gasteiger partial charge in [-0.15, -0.1) is 10.2 Å².